The molecule has 0 bridgehead atoms. The third kappa shape index (κ3) is 2.87. The molecule has 0 heterocycles. The van der Waals surface area contributed by atoms with Gasteiger partial charge in [0, 0.05) is 19.7 Å². The minimum atomic E-state index is -0.714. The van der Waals surface area contributed by atoms with Crippen molar-refractivity contribution in [1.29, 1.82) is 0 Å². The van der Waals surface area contributed by atoms with Crippen LogP contribution in [0.1, 0.15) is 10.4 Å². The lowest BCUT2D eigenvalue weighted by molar-refractivity contribution is -0.385. The molecule has 90 valence electrons. The number of nitrogens with zero attached hydrogens (tertiary/aromatic N) is 2. The number of likely N-dealkylation sites (N-methyl/N-ethyl adjacent to an activating group) is 1. The quantitative estimate of drug-likeness (QED) is 0.457. The Morgan fingerprint density at radius 3 is 2.82 bits per heavy atom. The molecule has 1 rings (SSSR count). The number of carbonyl (C=O) groups is 1. The van der Waals surface area contributed by atoms with E-state index in [4.69, 9.17) is 0 Å². The Bertz CT molecular complexity index is 474. The fourth-order valence-electron chi connectivity index (χ4n) is 1.32. The number of nitro groups is 1. The number of nitro benzene ring substituents is 1. The Balaban J connectivity index is 3.19. The first kappa shape index (κ1) is 12.8. The maximum Gasteiger partial charge on any atom is 0.282 e. The predicted octanol–water partition coefficient (Wildman–Crippen LogP) is 1.99. The van der Waals surface area contributed by atoms with E-state index in [-0.39, 0.29) is 12.1 Å². The van der Waals surface area contributed by atoms with E-state index in [1.807, 2.05) is 0 Å². The van der Waals surface area contributed by atoms with Crippen molar-refractivity contribution in [3.63, 3.8) is 0 Å². The van der Waals surface area contributed by atoms with E-state index in [0.29, 0.717) is 0 Å². The minimum Gasteiger partial charge on any atom is -0.338 e. The Morgan fingerprint density at radius 1 is 1.65 bits per heavy atom. The van der Waals surface area contributed by atoms with Crippen molar-refractivity contribution in [3.8, 4) is 0 Å². The van der Waals surface area contributed by atoms with E-state index >= 15 is 0 Å². The predicted molar refractivity (Wildman–Crippen MR) is 60.2 cm³/mol. The Hall–Kier alpha value is -2.24. The van der Waals surface area contributed by atoms with E-state index in [2.05, 4.69) is 6.58 Å². The molecule has 6 heteroatoms. The maximum absolute atomic E-state index is 13.0. The summed E-state index contributed by atoms with van der Waals surface area (Å²) in [6.07, 6.45) is 1.48. The van der Waals surface area contributed by atoms with Gasteiger partial charge in [0.1, 0.15) is 11.4 Å². The fourth-order valence-corrected chi connectivity index (χ4v) is 1.32. The summed E-state index contributed by atoms with van der Waals surface area (Å²) < 4.78 is 13.0. The second-order valence-electron chi connectivity index (χ2n) is 3.39. The molecule has 0 spiro atoms. The van der Waals surface area contributed by atoms with Gasteiger partial charge in [-0.2, -0.15) is 0 Å². The molecule has 0 N–H and O–H groups in total. The van der Waals surface area contributed by atoms with Crippen LogP contribution in [0.15, 0.2) is 30.9 Å². The molecule has 5 nitrogen and oxygen atoms in total. The molecule has 0 radical (unpaired) electrons. The van der Waals surface area contributed by atoms with Gasteiger partial charge in [-0.3, -0.25) is 14.9 Å². The second-order valence-corrected chi connectivity index (χ2v) is 3.39. The standard InChI is InChI=1S/C11H11FN2O3/c1-3-6-13(2)11(15)9-7-8(12)4-5-10(9)14(16)17/h3-5,7H,1,6H2,2H3. The summed E-state index contributed by atoms with van der Waals surface area (Å²) in [6.45, 7) is 3.68. The summed E-state index contributed by atoms with van der Waals surface area (Å²) in [6, 6.07) is 2.78. The molecule has 0 aliphatic rings. The van der Waals surface area contributed by atoms with Crippen LogP contribution in [-0.4, -0.2) is 29.3 Å². The van der Waals surface area contributed by atoms with Crippen molar-refractivity contribution in [2.45, 2.75) is 0 Å². The van der Waals surface area contributed by atoms with Crippen LogP contribution >= 0.6 is 0 Å². The van der Waals surface area contributed by atoms with Gasteiger partial charge in [0.2, 0.25) is 0 Å². The van der Waals surface area contributed by atoms with Crippen LogP contribution in [0.4, 0.5) is 10.1 Å². The number of halogens is 1. The maximum atomic E-state index is 13.0. The van der Waals surface area contributed by atoms with Gasteiger partial charge < -0.3 is 4.90 Å². The monoisotopic (exact) mass is 238 g/mol. The minimum absolute atomic E-state index is 0.229. The zero-order chi connectivity index (χ0) is 13.0. The summed E-state index contributed by atoms with van der Waals surface area (Å²) in [7, 11) is 1.46. The highest BCUT2D eigenvalue weighted by molar-refractivity contribution is 5.98. The van der Waals surface area contributed by atoms with Crippen molar-refractivity contribution in [2.75, 3.05) is 13.6 Å². The molecular weight excluding hydrogens is 227 g/mol. The first-order valence-corrected chi connectivity index (χ1v) is 4.77. The van der Waals surface area contributed by atoms with Gasteiger partial charge in [0.15, 0.2) is 0 Å². The zero-order valence-electron chi connectivity index (χ0n) is 9.22. The van der Waals surface area contributed by atoms with Crippen LogP contribution in [0.25, 0.3) is 0 Å². The van der Waals surface area contributed by atoms with Crippen molar-refractivity contribution in [2.24, 2.45) is 0 Å². The third-order valence-electron chi connectivity index (χ3n) is 2.14. The molecular formula is C11H11FN2O3. The Kier molecular flexibility index (Phi) is 3.92. The van der Waals surface area contributed by atoms with E-state index in [0.717, 1.165) is 18.2 Å². The van der Waals surface area contributed by atoms with Crippen LogP contribution < -0.4 is 0 Å². The van der Waals surface area contributed by atoms with Crippen molar-refractivity contribution in [1.82, 2.24) is 4.90 Å². The first-order valence-electron chi connectivity index (χ1n) is 4.77. The van der Waals surface area contributed by atoms with E-state index in [9.17, 15) is 19.3 Å². The Labute approximate surface area is 97.3 Å². The average molecular weight is 238 g/mol. The van der Waals surface area contributed by atoms with Gasteiger partial charge in [-0.25, -0.2) is 4.39 Å². The number of rotatable bonds is 4. The van der Waals surface area contributed by atoms with Crippen LogP contribution in [0.3, 0.4) is 0 Å². The molecule has 0 unspecified atom stereocenters. The summed E-state index contributed by atoms with van der Waals surface area (Å²) in [5.74, 6) is -1.30. The van der Waals surface area contributed by atoms with Crippen molar-refractivity contribution in [3.05, 3.63) is 52.3 Å². The zero-order valence-corrected chi connectivity index (χ0v) is 9.22. The van der Waals surface area contributed by atoms with E-state index in [1.165, 1.54) is 18.0 Å². The van der Waals surface area contributed by atoms with Gasteiger partial charge in [0.25, 0.3) is 11.6 Å². The highest BCUT2D eigenvalue weighted by Crippen LogP contribution is 2.20. The highest BCUT2D eigenvalue weighted by Gasteiger charge is 2.22. The number of amides is 1. The number of benzene rings is 1. The number of hydrogen-bond acceptors (Lipinski definition) is 3. The second kappa shape index (κ2) is 5.20. The molecule has 0 aliphatic carbocycles. The van der Waals surface area contributed by atoms with E-state index < -0.39 is 22.3 Å². The lowest BCUT2D eigenvalue weighted by Gasteiger charge is -2.14. The van der Waals surface area contributed by atoms with Gasteiger partial charge >= 0.3 is 0 Å². The summed E-state index contributed by atoms with van der Waals surface area (Å²) in [4.78, 5) is 23.0. The largest absolute Gasteiger partial charge is 0.338 e. The fraction of sp³-hybridized carbons (Fsp3) is 0.182. The summed E-state index contributed by atoms with van der Waals surface area (Å²) in [5, 5.41) is 10.7. The van der Waals surface area contributed by atoms with Crippen molar-refractivity contribution >= 4 is 11.6 Å². The van der Waals surface area contributed by atoms with Gasteiger partial charge in [0.05, 0.1) is 4.92 Å². The van der Waals surface area contributed by atoms with Crippen LogP contribution in [0.2, 0.25) is 0 Å². The normalized spacial score (nSPS) is 9.76. The molecule has 1 aromatic carbocycles. The lowest BCUT2D eigenvalue weighted by Crippen LogP contribution is -2.27. The molecule has 0 saturated heterocycles. The van der Waals surface area contributed by atoms with Gasteiger partial charge in [-0.1, -0.05) is 6.08 Å². The third-order valence-corrected chi connectivity index (χ3v) is 2.14. The number of carbonyl (C=O) groups excluding carboxylic acids is 1. The van der Waals surface area contributed by atoms with Crippen LogP contribution in [-0.2, 0) is 0 Å². The SMILES string of the molecule is C=CCN(C)C(=O)c1cc(F)ccc1[N+](=O)[O-]. The molecule has 1 amide bonds. The first-order chi connectivity index (χ1) is 7.97. The van der Waals surface area contributed by atoms with Crippen LogP contribution in [0.5, 0.6) is 0 Å². The molecule has 0 aromatic heterocycles. The van der Waals surface area contributed by atoms with Crippen molar-refractivity contribution < 1.29 is 14.1 Å². The number of hydrogen-bond donors (Lipinski definition) is 0. The van der Waals surface area contributed by atoms with E-state index in [1.54, 1.807) is 0 Å². The molecule has 17 heavy (non-hydrogen) atoms. The topological polar surface area (TPSA) is 63.5 Å². The molecule has 0 atom stereocenters. The Morgan fingerprint density at radius 2 is 2.29 bits per heavy atom. The summed E-state index contributed by atoms with van der Waals surface area (Å²) in [5.41, 5.74) is -0.674. The lowest BCUT2D eigenvalue weighted by atomic mass is 10.1. The average Bonchev–Trinajstić information content (AvgIpc) is 2.27. The van der Waals surface area contributed by atoms with Gasteiger partial charge in [-0.05, 0) is 12.1 Å². The molecule has 0 aliphatic heterocycles. The smallest absolute Gasteiger partial charge is 0.282 e. The highest BCUT2D eigenvalue weighted by atomic mass is 19.1. The van der Waals surface area contributed by atoms with Crippen LogP contribution in [0, 0.1) is 15.9 Å². The summed E-state index contributed by atoms with van der Waals surface area (Å²) >= 11 is 0. The van der Waals surface area contributed by atoms with Gasteiger partial charge in [-0.15, -0.1) is 6.58 Å². The molecule has 1 aromatic rings. The molecule has 0 saturated carbocycles. The molecule has 0 fully saturated rings.